The number of nitrogens with zero attached hydrogens (tertiary/aromatic N) is 1. The van der Waals surface area contributed by atoms with Crippen molar-refractivity contribution in [2.75, 3.05) is 17.7 Å². The van der Waals surface area contributed by atoms with Crippen LogP contribution in [0.15, 0.2) is 48.8 Å². The second-order valence-corrected chi connectivity index (χ2v) is 5.37. The highest BCUT2D eigenvalue weighted by Crippen LogP contribution is 2.16. The fourth-order valence-electron chi connectivity index (χ4n) is 2.21. The average molecular weight is 342 g/mol. The molecule has 0 radical (unpaired) electrons. The van der Waals surface area contributed by atoms with Gasteiger partial charge in [-0.3, -0.25) is 9.78 Å². The third-order valence-corrected chi connectivity index (χ3v) is 3.54. The van der Waals surface area contributed by atoms with Crippen molar-refractivity contribution in [3.8, 4) is 0 Å². The van der Waals surface area contributed by atoms with Crippen molar-refractivity contribution in [2.45, 2.75) is 26.0 Å². The molecule has 0 saturated heterocycles. The Morgan fingerprint density at radius 3 is 2.44 bits per heavy atom. The molecule has 2 rings (SSSR count). The molecule has 2 aromatic rings. The Bertz CT molecular complexity index is 702. The third kappa shape index (κ3) is 5.89. The van der Waals surface area contributed by atoms with Gasteiger partial charge < -0.3 is 20.7 Å². The van der Waals surface area contributed by atoms with Crippen LogP contribution < -0.4 is 16.0 Å². The monoisotopic (exact) mass is 342 g/mol. The number of benzene rings is 1. The van der Waals surface area contributed by atoms with Gasteiger partial charge in [-0.25, -0.2) is 4.79 Å². The fourth-order valence-corrected chi connectivity index (χ4v) is 2.21. The van der Waals surface area contributed by atoms with Gasteiger partial charge in [0.15, 0.2) is 0 Å². The van der Waals surface area contributed by atoms with Crippen LogP contribution in [0.5, 0.6) is 0 Å². The van der Waals surface area contributed by atoms with Crippen molar-refractivity contribution in [2.24, 2.45) is 0 Å². The van der Waals surface area contributed by atoms with Gasteiger partial charge in [-0.1, -0.05) is 13.0 Å². The van der Waals surface area contributed by atoms with Gasteiger partial charge in [0, 0.05) is 37.4 Å². The van der Waals surface area contributed by atoms with E-state index < -0.39 is 6.10 Å². The molecule has 1 aromatic carbocycles. The van der Waals surface area contributed by atoms with E-state index in [4.69, 9.17) is 4.74 Å². The van der Waals surface area contributed by atoms with E-state index >= 15 is 0 Å². The number of hydrogen-bond donors (Lipinski definition) is 3. The van der Waals surface area contributed by atoms with Crippen LogP contribution in [0.3, 0.4) is 0 Å². The molecular formula is C18H22N4O3. The van der Waals surface area contributed by atoms with E-state index in [2.05, 4.69) is 20.9 Å². The molecule has 0 bridgehead atoms. The number of hydrogen-bond acceptors (Lipinski definition) is 4. The summed E-state index contributed by atoms with van der Waals surface area (Å²) in [6, 6.07) is 10.3. The highest BCUT2D eigenvalue weighted by Gasteiger charge is 2.15. The van der Waals surface area contributed by atoms with Crippen molar-refractivity contribution in [1.29, 1.82) is 0 Å². The van der Waals surface area contributed by atoms with Gasteiger partial charge in [-0.2, -0.15) is 0 Å². The normalized spacial score (nSPS) is 11.4. The van der Waals surface area contributed by atoms with Crippen molar-refractivity contribution in [1.82, 2.24) is 10.3 Å². The highest BCUT2D eigenvalue weighted by molar-refractivity contribution is 5.95. The van der Waals surface area contributed by atoms with Crippen LogP contribution in [-0.4, -0.2) is 30.1 Å². The molecule has 0 aliphatic heterocycles. The maximum Gasteiger partial charge on any atom is 0.319 e. The lowest BCUT2D eigenvalue weighted by atomic mass is 10.2. The largest absolute Gasteiger partial charge is 0.372 e. The summed E-state index contributed by atoms with van der Waals surface area (Å²) in [6.07, 6.45) is 3.42. The molecule has 7 heteroatoms. The van der Waals surface area contributed by atoms with Gasteiger partial charge in [0.2, 0.25) is 0 Å². The first kappa shape index (κ1) is 18.4. The van der Waals surface area contributed by atoms with Crippen LogP contribution >= 0.6 is 0 Å². The zero-order valence-electron chi connectivity index (χ0n) is 14.3. The molecule has 3 N–H and O–H groups in total. The summed E-state index contributed by atoms with van der Waals surface area (Å²) in [4.78, 5) is 27.9. The first-order chi connectivity index (χ1) is 12.1. The second kappa shape index (κ2) is 9.39. The van der Waals surface area contributed by atoms with E-state index in [1.165, 1.54) is 7.11 Å². The van der Waals surface area contributed by atoms with Crippen molar-refractivity contribution >= 4 is 23.3 Å². The molecule has 1 aromatic heterocycles. The fraction of sp³-hybridized carbons (Fsp3) is 0.278. The number of pyridine rings is 1. The van der Waals surface area contributed by atoms with Gasteiger partial charge >= 0.3 is 6.03 Å². The minimum Gasteiger partial charge on any atom is -0.372 e. The quantitative estimate of drug-likeness (QED) is 0.721. The molecule has 0 saturated carbocycles. The maximum absolute atomic E-state index is 12.0. The standard InChI is InChI=1S/C18H22N4O3/c1-3-16(25-2)17(23)21-14-5-4-6-15(11-14)22-18(24)20-12-13-7-9-19-10-8-13/h4-11,16H,3,12H2,1-2H3,(H,21,23)(H2,20,22,24)/t16-/m1/s1. The van der Waals surface area contributed by atoms with E-state index in [9.17, 15) is 9.59 Å². The number of methoxy groups -OCH3 is 1. The van der Waals surface area contributed by atoms with Gasteiger partial charge in [0.05, 0.1) is 0 Å². The number of aromatic nitrogens is 1. The van der Waals surface area contributed by atoms with E-state index in [0.717, 1.165) is 5.56 Å². The molecule has 25 heavy (non-hydrogen) atoms. The van der Waals surface area contributed by atoms with Crippen molar-refractivity contribution in [3.63, 3.8) is 0 Å². The molecule has 1 atom stereocenters. The summed E-state index contributed by atoms with van der Waals surface area (Å²) < 4.78 is 5.11. The highest BCUT2D eigenvalue weighted by atomic mass is 16.5. The van der Waals surface area contributed by atoms with Crippen LogP contribution in [0.25, 0.3) is 0 Å². The Morgan fingerprint density at radius 2 is 1.80 bits per heavy atom. The second-order valence-electron chi connectivity index (χ2n) is 5.37. The van der Waals surface area contributed by atoms with E-state index in [1.807, 2.05) is 19.1 Å². The molecule has 7 nitrogen and oxygen atoms in total. The molecule has 0 aliphatic carbocycles. The summed E-state index contributed by atoms with van der Waals surface area (Å²) in [6.45, 7) is 2.27. The van der Waals surface area contributed by atoms with E-state index in [-0.39, 0.29) is 11.9 Å². The lowest BCUT2D eigenvalue weighted by Gasteiger charge is -2.14. The molecule has 0 aliphatic rings. The first-order valence-electron chi connectivity index (χ1n) is 8.00. The minimum atomic E-state index is -0.500. The zero-order valence-corrected chi connectivity index (χ0v) is 14.3. The number of nitrogens with one attached hydrogen (secondary N) is 3. The minimum absolute atomic E-state index is 0.218. The summed E-state index contributed by atoms with van der Waals surface area (Å²) in [5.74, 6) is -0.218. The van der Waals surface area contributed by atoms with Gasteiger partial charge in [0.1, 0.15) is 6.10 Å². The molecule has 132 valence electrons. The predicted octanol–water partition coefficient (Wildman–Crippen LogP) is 2.77. The number of carbonyl (C=O) groups is 2. The van der Waals surface area contributed by atoms with Crippen LogP contribution in [0.2, 0.25) is 0 Å². The van der Waals surface area contributed by atoms with Gasteiger partial charge in [0.25, 0.3) is 5.91 Å². The SMILES string of the molecule is CC[C@@H](OC)C(=O)Nc1cccc(NC(=O)NCc2ccncc2)c1. The topological polar surface area (TPSA) is 92.4 Å². The Labute approximate surface area is 146 Å². The van der Waals surface area contributed by atoms with Crippen LogP contribution in [0.4, 0.5) is 16.2 Å². The number of urea groups is 1. The Kier molecular flexibility index (Phi) is 6.91. The number of carbonyl (C=O) groups excluding carboxylic acids is 2. The average Bonchev–Trinajstić information content (AvgIpc) is 2.62. The van der Waals surface area contributed by atoms with Crippen LogP contribution in [-0.2, 0) is 16.1 Å². The smallest absolute Gasteiger partial charge is 0.319 e. The number of rotatable bonds is 7. The summed E-state index contributed by atoms with van der Waals surface area (Å²) in [5.41, 5.74) is 2.12. The molecule has 0 unspecified atom stereocenters. The molecule has 0 spiro atoms. The first-order valence-corrected chi connectivity index (χ1v) is 8.00. The zero-order chi connectivity index (χ0) is 18.1. The molecule has 0 fully saturated rings. The van der Waals surface area contributed by atoms with Crippen molar-refractivity contribution < 1.29 is 14.3 Å². The maximum atomic E-state index is 12.0. The Hall–Kier alpha value is -2.93. The number of amides is 3. The Morgan fingerprint density at radius 1 is 1.12 bits per heavy atom. The third-order valence-electron chi connectivity index (χ3n) is 3.54. The predicted molar refractivity (Wildman–Crippen MR) is 96.3 cm³/mol. The van der Waals surface area contributed by atoms with Crippen molar-refractivity contribution in [3.05, 3.63) is 54.4 Å². The molecule has 3 amide bonds. The van der Waals surface area contributed by atoms with E-state index in [1.54, 1.807) is 36.7 Å². The lowest BCUT2D eigenvalue weighted by Crippen LogP contribution is -2.29. The Balaban J connectivity index is 1.90. The summed E-state index contributed by atoms with van der Waals surface area (Å²) in [7, 11) is 1.50. The molecule has 1 heterocycles. The number of ether oxygens (including phenoxy) is 1. The lowest BCUT2D eigenvalue weighted by molar-refractivity contribution is -0.125. The van der Waals surface area contributed by atoms with Gasteiger partial charge in [-0.15, -0.1) is 0 Å². The summed E-state index contributed by atoms with van der Waals surface area (Å²) in [5, 5.41) is 8.27. The van der Waals surface area contributed by atoms with Crippen LogP contribution in [0.1, 0.15) is 18.9 Å². The van der Waals surface area contributed by atoms with Gasteiger partial charge in [-0.05, 0) is 42.3 Å². The number of anilines is 2. The molecular weight excluding hydrogens is 320 g/mol. The van der Waals surface area contributed by atoms with E-state index in [0.29, 0.717) is 24.3 Å². The summed E-state index contributed by atoms with van der Waals surface area (Å²) >= 11 is 0. The van der Waals surface area contributed by atoms with Crippen LogP contribution in [0, 0.1) is 0 Å².